The molecule has 1 heterocycles. The van der Waals surface area contributed by atoms with Gasteiger partial charge in [0.2, 0.25) is 0 Å². The molecule has 1 saturated carbocycles. The molecule has 17 heavy (non-hydrogen) atoms. The minimum atomic E-state index is -0.0788. The molecular formula is C14H18N2S. The fraction of sp³-hybridized carbons (Fsp3) is 0.500. The summed E-state index contributed by atoms with van der Waals surface area (Å²) in [6, 6.07) is 6.57. The smallest absolute Gasteiger partial charge is 0.0935 e. The predicted molar refractivity (Wildman–Crippen MR) is 73.3 cm³/mol. The normalized spacial score (nSPS) is 18.9. The maximum absolute atomic E-state index is 6.49. The molecule has 1 aromatic heterocycles. The standard InChI is InChI=1S/C14H18N2S/c1-2-13-16-11-6-5-10(9-12(11)17-13)14(15)7-3-4-8-14/h5-6,9H,2-4,7-8,15H2,1H3. The first-order valence-electron chi connectivity index (χ1n) is 6.40. The number of aryl methyl sites for hydroxylation is 1. The van der Waals surface area contributed by atoms with Crippen molar-refractivity contribution in [2.24, 2.45) is 5.73 Å². The molecule has 0 aliphatic heterocycles. The number of nitrogens with zero attached hydrogens (tertiary/aromatic N) is 1. The van der Waals surface area contributed by atoms with Gasteiger partial charge >= 0.3 is 0 Å². The number of hydrogen-bond donors (Lipinski definition) is 1. The molecule has 3 rings (SSSR count). The number of fused-ring (bicyclic) bond motifs is 1. The van der Waals surface area contributed by atoms with E-state index >= 15 is 0 Å². The second-order valence-corrected chi connectivity index (χ2v) is 6.12. The van der Waals surface area contributed by atoms with E-state index in [0.717, 1.165) is 24.8 Å². The summed E-state index contributed by atoms with van der Waals surface area (Å²) in [7, 11) is 0. The lowest BCUT2D eigenvalue weighted by atomic mass is 9.89. The molecule has 0 atom stereocenters. The lowest BCUT2D eigenvalue weighted by Crippen LogP contribution is -2.32. The molecule has 1 aliphatic carbocycles. The Labute approximate surface area is 106 Å². The van der Waals surface area contributed by atoms with Crippen LogP contribution in [0.15, 0.2) is 18.2 Å². The predicted octanol–water partition coefficient (Wildman–Crippen LogP) is 3.59. The zero-order valence-electron chi connectivity index (χ0n) is 10.2. The zero-order chi connectivity index (χ0) is 11.9. The number of nitrogens with two attached hydrogens (primary N) is 1. The van der Waals surface area contributed by atoms with Crippen LogP contribution in [0.2, 0.25) is 0 Å². The van der Waals surface area contributed by atoms with Crippen molar-refractivity contribution in [1.29, 1.82) is 0 Å². The first-order chi connectivity index (χ1) is 8.21. The van der Waals surface area contributed by atoms with E-state index in [1.807, 2.05) is 0 Å². The Hall–Kier alpha value is -0.930. The van der Waals surface area contributed by atoms with Gasteiger partial charge in [-0.05, 0) is 37.0 Å². The molecule has 1 aromatic carbocycles. The van der Waals surface area contributed by atoms with Gasteiger partial charge in [0.15, 0.2) is 0 Å². The minimum Gasteiger partial charge on any atom is -0.321 e. The van der Waals surface area contributed by atoms with Crippen molar-refractivity contribution < 1.29 is 0 Å². The molecule has 2 N–H and O–H groups in total. The van der Waals surface area contributed by atoms with Crippen molar-refractivity contribution in [3.05, 3.63) is 28.8 Å². The van der Waals surface area contributed by atoms with E-state index < -0.39 is 0 Å². The highest BCUT2D eigenvalue weighted by Crippen LogP contribution is 2.38. The quantitative estimate of drug-likeness (QED) is 0.879. The lowest BCUT2D eigenvalue weighted by molar-refractivity contribution is 0.462. The van der Waals surface area contributed by atoms with Gasteiger partial charge in [-0.3, -0.25) is 0 Å². The van der Waals surface area contributed by atoms with E-state index in [9.17, 15) is 0 Å². The minimum absolute atomic E-state index is 0.0788. The van der Waals surface area contributed by atoms with Gasteiger partial charge in [0.1, 0.15) is 0 Å². The molecular weight excluding hydrogens is 228 g/mol. The number of hydrogen-bond acceptors (Lipinski definition) is 3. The molecule has 1 aliphatic rings. The molecule has 0 spiro atoms. The van der Waals surface area contributed by atoms with E-state index in [-0.39, 0.29) is 5.54 Å². The van der Waals surface area contributed by atoms with Crippen LogP contribution in [0.1, 0.15) is 43.2 Å². The third-order valence-corrected chi connectivity index (χ3v) is 4.97. The summed E-state index contributed by atoms with van der Waals surface area (Å²) in [5.41, 5.74) is 8.84. The van der Waals surface area contributed by atoms with Crippen molar-refractivity contribution in [1.82, 2.24) is 4.98 Å². The molecule has 1 fully saturated rings. The summed E-state index contributed by atoms with van der Waals surface area (Å²) in [6.07, 6.45) is 5.78. The summed E-state index contributed by atoms with van der Waals surface area (Å²) in [4.78, 5) is 4.60. The van der Waals surface area contributed by atoms with Crippen molar-refractivity contribution >= 4 is 21.6 Å². The van der Waals surface area contributed by atoms with Crippen LogP contribution in [-0.2, 0) is 12.0 Å². The Morgan fingerprint density at radius 2 is 2.12 bits per heavy atom. The molecule has 0 amide bonds. The van der Waals surface area contributed by atoms with Gasteiger partial charge in [0.05, 0.1) is 15.2 Å². The van der Waals surface area contributed by atoms with Gasteiger partial charge in [0, 0.05) is 5.54 Å². The van der Waals surface area contributed by atoms with Crippen LogP contribution in [0.5, 0.6) is 0 Å². The summed E-state index contributed by atoms with van der Waals surface area (Å²) in [5, 5.41) is 1.22. The summed E-state index contributed by atoms with van der Waals surface area (Å²) in [5.74, 6) is 0. The van der Waals surface area contributed by atoms with E-state index in [1.165, 1.54) is 28.1 Å². The number of benzene rings is 1. The fourth-order valence-corrected chi connectivity index (χ4v) is 3.67. The molecule has 0 unspecified atom stereocenters. The third-order valence-electron chi connectivity index (χ3n) is 3.81. The van der Waals surface area contributed by atoms with E-state index in [1.54, 1.807) is 11.3 Å². The van der Waals surface area contributed by atoms with Gasteiger partial charge in [-0.1, -0.05) is 25.8 Å². The second kappa shape index (κ2) is 4.07. The van der Waals surface area contributed by atoms with Gasteiger partial charge in [-0.15, -0.1) is 11.3 Å². The van der Waals surface area contributed by atoms with E-state index in [4.69, 9.17) is 5.73 Å². The Morgan fingerprint density at radius 3 is 2.82 bits per heavy atom. The molecule has 3 heteroatoms. The van der Waals surface area contributed by atoms with Crippen molar-refractivity contribution in [3.63, 3.8) is 0 Å². The van der Waals surface area contributed by atoms with Crippen LogP contribution in [0.25, 0.3) is 10.2 Å². The van der Waals surface area contributed by atoms with Crippen LogP contribution < -0.4 is 5.73 Å². The highest BCUT2D eigenvalue weighted by molar-refractivity contribution is 7.18. The SMILES string of the molecule is CCc1nc2ccc(C3(N)CCCC3)cc2s1. The van der Waals surface area contributed by atoms with E-state index in [0.29, 0.717) is 0 Å². The van der Waals surface area contributed by atoms with E-state index in [2.05, 4.69) is 30.1 Å². The van der Waals surface area contributed by atoms with Crippen LogP contribution >= 0.6 is 11.3 Å². The Kier molecular flexibility index (Phi) is 2.68. The summed E-state index contributed by atoms with van der Waals surface area (Å²) < 4.78 is 1.29. The first kappa shape index (κ1) is 11.2. The van der Waals surface area contributed by atoms with Crippen molar-refractivity contribution in [2.45, 2.75) is 44.6 Å². The van der Waals surface area contributed by atoms with Crippen LogP contribution in [0.3, 0.4) is 0 Å². The zero-order valence-corrected chi connectivity index (χ0v) is 11.0. The third kappa shape index (κ3) is 1.87. The Bertz CT molecular complexity index is 538. The highest BCUT2D eigenvalue weighted by atomic mass is 32.1. The first-order valence-corrected chi connectivity index (χ1v) is 7.22. The number of rotatable bonds is 2. The monoisotopic (exact) mass is 246 g/mol. The summed E-state index contributed by atoms with van der Waals surface area (Å²) in [6.45, 7) is 2.15. The average Bonchev–Trinajstić information content (AvgIpc) is 2.94. The Morgan fingerprint density at radius 1 is 1.35 bits per heavy atom. The average molecular weight is 246 g/mol. The van der Waals surface area contributed by atoms with Gasteiger partial charge in [0.25, 0.3) is 0 Å². The van der Waals surface area contributed by atoms with Crippen molar-refractivity contribution in [2.75, 3.05) is 0 Å². The molecule has 0 bridgehead atoms. The maximum atomic E-state index is 6.49. The molecule has 0 radical (unpaired) electrons. The largest absolute Gasteiger partial charge is 0.321 e. The lowest BCUT2D eigenvalue weighted by Gasteiger charge is -2.23. The molecule has 90 valence electrons. The number of thiazole rings is 1. The number of aromatic nitrogens is 1. The molecule has 2 nitrogen and oxygen atoms in total. The molecule has 0 saturated heterocycles. The second-order valence-electron chi connectivity index (χ2n) is 5.01. The van der Waals surface area contributed by atoms with Gasteiger partial charge < -0.3 is 5.73 Å². The summed E-state index contributed by atoms with van der Waals surface area (Å²) >= 11 is 1.80. The molecule has 2 aromatic rings. The van der Waals surface area contributed by atoms with Crippen molar-refractivity contribution in [3.8, 4) is 0 Å². The maximum Gasteiger partial charge on any atom is 0.0935 e. The van der Waals surface area contributed by atoms with Crippen LogP contribution in [0.4, 0.5) is 0 Å². The Balaban J connectivity index is 2.06. The topological polar surface area (TPSA) is 38.9 Å². The van der Waals surface area contributed by atoms with Crippen LogP contribution in [0, 0.1) is 0 Å². The van der Waals surface area contributed by atoms with Gasteiger partial charge in [-0.2, -0.15) is 0 Å². The van der Waals surface area contributed by atoms with Gasteiger partial charge in [-0.25, -0.2) is 4.98 Å². The highest BCUT2D eigenvalue weighted by Gasteiger charge is 2.31. The fourth-order valence-electron chi connectivity index (χ4n) is 2.73. The van der Waals surface area contributed by atoms with Crippen LogP contribution in [-0.4, -0.2) is 4.98 Å².